The molecule has 42 heavy (non-hydrogen) atoms. The van der Waals surface area contributed by atoms with Crippen LogP contribution in [0, 0.1) is 51.2 Å². The minimum absolute atomic E-state index is 0.0192. The predicted octanol–water partition coefficient (Wildman–Crippen LogP) is 9.35. The third-order valence-electron chi connectivity index (χ3n) is 14.7. The van der Waals surface area contributed by atoms with Gasteiger partial charge in [0.25, 0.3) is 0 Å². The average Bonchev–Trinajstić information content (AvgIpc) is 3.32. The van der Waals surface area contributed by atoms with Gasteiger partial charge in [-0.05, 0) is 139 Å². The molecule has 1 aromatic carbocycles. The van der Waals surface area contributed by atoms with Crippen LogP contribution in [0.5, 0.6) is 0 Å². The number of fused-ring (bicyclic) bond motifs is 7. The maximum absolute atomic E-state index is 13.5. The van der Waals surface area contributed by atoms with Crippen molar-refractivity contribution in [2.75, 3.05) is 13.2 Å². The summed E-state index contributed by atoms with van der Waals surface area (Å²) >= 11 is 0. The summed E-state index contributed by atoms with van der Waals surface area (Å²) in [6, 6.07) is 7.55. The molecule has 4 saturated carbocycles. The molecule has 2 N–H and O–H groups in total. The van der Waals surface area contributed by atoms with E-state index in [-0.39, 0.29) is 33.9 Å². The first-order valence-electron chi connectivity index (χ1n) is 16.8. The Balaban J connectivity index is 1.35. The van der Waals surface area contributed by atoms with E-state index < -0.39 is 5.97 Å². The third-order valence-corrected chi connectivity index (χ3v) is 14.7. The van der Waals surface area contributed by atoms with E-state index in [0.717, 1.165) is 12.8 Å². The molecule has 0 spiro atoms. The Kier molecular flexibility index (Phi) is 7.20. The molecule has 4 fully saturated rings. The fraction of sp³-hybridized carbons (Fsp3) is 0.711. The van der Waals surface area contributed by atoms with Crippen LogP contribution in [-0.4, -0.2) is 29.8 Å². The zero-order chi connectivity index (χ0) is 30.3. The molecule has 6 rings (SSSR count). The Morgan fingerprint density at radius 3 is 2.31 bits per heavy atom. The number of hydrogen-bond donors (Lipinski definition) is 2. The lowest BCUT2D eigenvalue weighted by Gasteiger charge is -2.72. The first-order valence-corrected chi connectivity index (χ1v) is 16.8. The van der Waals surface area contributed by atoms with Crippen LogP contribution in [-0.2, 0) is 0 Å². The first kappa shape index (κ1) is 30.1. The van der Waals surface area contributed by atoms with Crippen molar-refractivity contribution in [1.82, 2.24) is 5.32 Å². The van der Waals surface area contributed by atoms with Crippen LogP contribution < -0.4 is 5.32 Å². The van der Waals surface area contributed by atoms with Gasteiger partial charge in [-0.2, -0.15) is 0 Å². The number of benzene rings is 1. The van der Waals surface area contributed by atoms with Crippen LogP contribution in [0.4, 0.5) is 4.39 Å². The molecule has 4 heteroatoms. The Bertz CT molecular complexity index is 1280. The summed E-state index contributed by atoms with van der Waals surface area (Å²) in [5.74, 6) is 2.15. The number of carboxylic acids is 1. The van der Waals surface area contributed by atoms with Crippen molar-refractivity contribution >= 4 is 11.5 Å². The highest BCUT2D eigenvalue weighted by atomic mass is 19.1. The minimum atomic E-state index is -0.869. The van der Waals surface area contributed by atoms with Gasteiger partial charge in [0.15, 0.2) is 0 Å². The normalized spacial score (nSPS) is 43.8. The Hall–Kier alpha value is -1.94. The van der Waals surface area contributed by atoms with E-state index in [1.54, 1.807) is 12.1 Å². The number of carbonyl (C=O) groups is 1. The van der Waals surface area contributed by atoms with E-state index in [1.165, 1.54) is 61.7 Å². The van der Waals surface area contributed by atoms with E-state index in [2.05, 4.69) is 59.5 Å². The molecule has 0 heterocycles. The molecule has 5 aliphatic carbocycles. The fourth-order valence-electron chi connectivity index (χ4n) is 12.6. The van der Waals surface area contributed by atoms with Gasteiger partial charge in [0.05, 0.1) is 5.56 Å². The second-order valence-electron chi connectivity index (χ2n) is 16.4. The molecule has 230 valence electrons. The van der Waals surface area contributed by atoms with Crippen molar-refractivity contribution < 1.29 is 14.3 Å². The monoisotopic (exact) mass is 575 g/mol. The smallest absolute Gasteiger partial charge is 0.335 e. The summed E-state index contributed by atoms with van der Waals surface area (Å²) in [6.45, 7) is 19.8. The summed E-state index contributed by atoms with van der Waals surface area (Å²) in [5.41, 5.74) is 5.13. The van der Waals surface area contributed by atoms with Crippen LogP contribution in [0.1, 0.15) is 115 Å². The number of allylic oxidation sites excluding steroid dienone is 3. The van der Waals surface area contributed by atoms with E-state index in [9.17, 15) is 14.3 Å². The predicted molar refractivity (Wildman–Crippen MR) is 170 cm³/mol. The summed E-state index contributed by atoms with van der Waals surface area (Å²) < 4.78 is 13.5. The van der Waals surface area contributed by atoms with E-state index in [4.69, 9.17) is 0 Å². The van der Waals surface area contributed by atoms with E-state index in [1.807, 2.05) is 12.1 Å². The van der Waals surface area contributed by atoms with Crippen molar-refractivity contribution in [2.24, 2.45) is 51.2 Å². The van der Waals surface area contributed by atoms with E-state index in [0.29, 0.717) is 41.7 Å². The van der Waals surface area contributed by atoms with Crippen LogP contribution in [0.25, 0.3) is 5.57 Å². The average molecular weight is 576 g/mol. The zero-order valence-electron chi connectivity index (χ0n) is 27.0. The lowest BCUT2D eigenvalue weighted by atomic mass is 9.33. The maximum Gasteiger partial charge on any atom is 0.335 e. The largest absolute Gasteiger partial charge is 0.478 e. The van der Waals surface area contributed by atoms with Gasteiger partial charge in [-0.3, -0.25) is 0 Å². The number of alkyl halides is 1. The molecule has 0 amide bonds. The fourth-order valence-corrected chi connectivity index (χ4v) is 12.6. The van der Waals surface area contributed by atoms with Gasteiger partial charge in [-0.1, -0.05) is 65.0 Å². The van der Waals surface area contributed by atoms with Gasteiger partial charge in [0.2, 0.25) is 0 Å². The lowest BCUT2D eigenvalue weighted by Crippen LogP contribution is -2.68. The molecule has 0 aliphatic heterocycles. The summed E-state index contributed by atoms with van der Waals surface area (Å²) in [4.78, 5) is 11.5. The molecule has 9 unspecified atom stereocenters. The Labute approximate surface area is 253 Å². The number of halogens is 1. The number of rotatable bonds is 6. The topological polar surface area (TPSA) is 49.3 Å². The highest BCUT2D eigenvalue weighted by molar-refractivity contribution is 5.88. The number of hydrogen-bond acceptors (Lipinski definition) is 2. The van der Waals surface area contributed by atoms with Crippen LogP contribution >= 0.6 is 0 Å². The molecule has 0 saturated heterocycles. The SMILES string of the molecule is C=C(C)C1CCC2(NCCF)CCC3(C)C(CCC4C5(C)CC=C(c6ccc(C(=O)O)cc6)C(C)(C)C5CCC43C)C12. The lowest BCUT2D eigenvalue weighted by molar-refractivity contribution is -0.219. The van der Waals surface area contributed by atoms with Crippen LogP contribution in [0.2, 0.25) is 0 Å². The zero-order valence-corrected chi connectivity index (χ0v) is 27.0. The second-order valence-corrected chi connectivity index (χ2v) is 16.4. The number of carboxylic acid groups (broad SMARTS) is 1. The van der Waals surface area contributed by atoms with Gasteiger partial charge < -0.3 is 10.4 Å². The number of aromatic carboxylic acids is 1. The van der Waals surface area contributed by atoms with Crippen molar-refractivity contribution in [3.05, 3.63) is 53.6 Å². The standard InChI is InChI=1S/C38H54FNO2/c1-24(2)27-14-19-38(40-23-22-39)21-20-36(6)29(32(27)38)12-13-31-35(5)17-15-28(25-8-10-26(11-9-25)33(41)42)34(3,4)30(35)16-18-37(31,36)7/h8-11,15,27,29-32,40H,1,12-14,16-23H2,2-7H3,(H,41,42). The van der Waals surface area contributed by atoms with Crippen LogP contribution in [0.3, 0.4) is 0 Å². The molecule has 9 atom stereocenters. The highest BCUT2D eigenvalue weighted by Crippen LogP contribution is 2.76. The second kappa shape index (κ2) is 10.0. The molecule has 3 nitrogen and oxygen atoms in total. The summed E-state index contributed by atoms with van der Waals surface area (Å²) in [7, 11) is 0. The Morgan fingerprint density at radius 2 is 1.67 bits per heavy atom. The number of nitrogens with one attached hydrogen (secondary N) is 1. The highest BCUT2D eigenvalue weighted by Gasteiger charge is 2.70. The summed E-state index contributed by atoms with van der Waals surface area (Å²) in [6.07, 6.45) is 13.5. The summed E-state index contributed by atoms with van der Waals surface area (Å²) in [5, 5.41) is 13.2. The van der Waals surface area contributed by atoms with Crippen LogP contribution in [0.15, 0.2) is 42.5 Å². The van der Waals surface area contributed by atoms with Gasteiger partial charge in [0, 0.05) is 12.1 Å². The van der Waals surface area contributed by atoms with Gasteiger partial charge in [-0.25, -0.2) is 9.18 Å². The van der Waals surface area contributed by atoms with Gasteiger partial charge >= 0.3 is 5.97 Å². The molecular weight excluding hydrogens is 521 g/mol. The van der Waals surface area contributed by atoms with Gasteiger partial charge in [-0.15, -0.1) is 0 Å². The molecule has 0 bridgehead atoms. The quantitative estimate of drug-likeness (QED) is 0.332. The minimum Gasteiger partial charge on any atom is -0.478 e. The van der Waals surface area contributed by atoms with Crippen molar-refractivity contribution in [3.63, 3.8) is 0 Å². The van der Waals surface area contributed by atoms with Crippen molar-refractivity contribution in [3.8, 4) is 0 Å². The molecule has 1 aromatic rings. The molecular formula is C38H54FNO2. The van der Waals surface area contributed by atoms with Gasteiger partial charge in [0.1, 0.15) is 6.67 Å². The molecule has 0 aromatic heterocycles. The van der Waals surface area contributed by atoms with Crippen molar-refractivity contribution in [1.29, 1.82) is 0 Å². The van der Waals surface area contributed by atoms with E-state index >= 15 is 0 Å². The van der Waals surface area contributed by atoms with Crippen molar-refractivity contribution in [2.45, 2.75) is 105 Å². The molecule has 0 radical (unpaired) electrons. The third kappa shape index (κ3) is 4.02. The molecule has 5 aliphatic rings. The Morgan fingerprint density at radius 1 is 0.952 bits per heavy atom. The first-order chi connectivity index (χ1) is 19.7. The maximum atomic E-state index is 13.5.